The fourth-order valence-corrected chi connectivity index (χ4v) is 0.547. The van der Waals surface area contributed by atoms with E-state index in [-0.39, 0.29) is 0 Å². The first-order valence-corrected chi connectivity index (χ1v) is 3.10. The van der Waals surface area contributed by atoms with E-state index in [0.29, 0.717) is 5.75 Å². The summed E-state index contributed by atoms with van der Waals surface area (Å²) in [5.74, 6) is 0.542. The Morgan fingerprint density at radius 2 is 1.62 bits per heavy atom. The van der Waals surface area contributed by atoms with E-state index in [9.17, 15) is 0 Å². The monoisotopic (exact) mass is 177 g/mol. The topological polar surface area (TPSA) is 117 Å². The van der Waals surface area contributed by atoms with Gasteiger partial charge in [0.2, 0.25) is 0 Å². The highest BCUT2D eigenvalue weighted by molar-refractivity contribution is 5.20. The second-order valence-corrected chi connectivity index (χ2v) is 1.66. The summed E-state index contributed by atoms with van der Waals surface area (Å²) in [7, 11) is 0. The van der Waals surface area contributed by atoms with Crippen LogP contribution in [0.25, 0.3) is 26.4 Å². The number of hydrogen-bond donors (Lipinski definition) is 0. The van der Waals surface area contributed by atoms with Crippen LogP contribution in [0.15, 0.2) is 35.6 Å². The Morgan fingerprint density at radius 1 is 1.08 bits per heavy atom. The van der Waals surface area contributed by atoms with Crippen molar-refractivity contribution in [3.8, 4) is 5.75 Å². The van der Waals surface area contributed by atoms with Crippen molar-refractivity contribution >= 4 is 0 Å². The number of para-hydroxylation sites is 1. The van der Waals surface area contributed by atoms with E-state index in [1.165, 1.54) is 4.91 Å². The van der Waals surface area contributed by atoms with Crippen molar-refractivity contribution in [1.29, 1.82) is 0 Å². The van der Waals surface area contributed by atoms with Crippen molar-refractivity contribution in [2.45, 2.75) is 0 Å². The molecule has 0 aliphatic carbocycles. The molecule has 1 rings (SSSR count). The summed E-state index contributed by atoms with van der Waals surface area (Å²) in [5, 5.41) is 2.92. The molecule has 7 nitrogen and oxygen atoms in total. The van der Waals surface area contributed by atoms with Crippen molar-refractivity contribution in [1.82, 2.24) is 0 Å². The van der Waals surface area contributed by atoms with Crippen LogP contribution in [0.1, 0.15) is 0 Å². The molecule has 0 N–H and O–H groups in total. The summed E-state index contributed by atoms with van der Waals surface area (Å²) in [6.45, 7) is 0. The zero-order valence-electron chi connectivity index (χ0n) is 6.48. The molecule has 7 heteroatoms. The largest absolute Gasteiger partial charge is 0.394 e. The van der Waals surface area contributed by atoms with Crippen molar-refractivity contribution in [3.05, 3.63) is 56.7 Å². The Hall–Kier alpha value is -2.36. The van der Waals surface area contributed by atoms with E-state index < -0.39 is 0 Å². The van der Waals surface area contributed by atoms with Crippen LogP contribution in [-0.2, 0) is 0 Å². The minimum Gasteiger partial charge on any atom is -0.394 e. The molecule has 0 atom stereocenters. The Morgan fingerprint density at radius 3 is 2.08 bits per heavy atom. The van der Waals surface area contributed by atoms with Crippen molar-refractivity contribution in [2.24, 2.45) is 5.28 Å². The second kappa shape index (κ2) is 7.74. The average Bonchev–Trinajstić information content (AvgIpc) is 2.18. The maximum absolute atomic E-state index is 7.86. The molecule has 0 aromatic heterocycles. The standard InChI is InChI=1S/C6H5N3O.N3/c7-8-9-10-6-4-2-1-3-5-6;1-3-2/h1-5H;/q;-1. The SMILES string of the molecule is [N-]=[N+]=NOc1ccccc1.[N-]=[N+]=[N-]. The van der Waals surface area contributed by atoms with Crippen LogP contribution in [0.2, 0.25) is 0 Å². The van der Waals surface area contributed by atoms with Crippen LogP contribution < -0.4 is 4.84 Å². The average molecular weight is 177 g/mol. The lowest BCUT2D eigenvalue weighted by atomic mass is 10.3. The number of azide groups is 1. The van der Waals surface area contributed by atoms with Crippen LogP contribution in [-0.4, -0.2) is 0 Å². The summed E-state index contributed by atoms with van der Waals surface area (Å²) in [6, 6.07) is 8.84. The number of benzene rings is 1. The smallest absolute Gasteiger partial charge is 0.136 e. The molecule has 0 radical (unpaired) electrons. The highest BCUT2D eigenvalue weighted by Crippen LogP contribution is 2.07. The highest BCUT2D eigenvalue weighted by atomic mass is 16.6. The summed E-state index contributed by atoms with van der Waals surface area (Å²) in [4.78, 5) is 8.50. The van der Waals surface area contributed by atoms with Gasteiger partial charge in [-0.25, -0.2) is 0 Å². The van der Waals surface area contributed by atoms with Crippen LogP contribution in [0.3, 0.4) is 0 Å². The quantitative estimate of drug-likeness (QED) is 0.293. The normalized spacial score (nSPS) is 6.77. The molecular weight excluding hydrogens is 172 g/mol. The van der Waals surface area contributed by atoms with E-state index in [1.54, 1.807) is 24.3 Å². The molecule has 1 aromatic carbocycles. The van der Waals surface area contributed by atoms with Gasteiger partial charge in [-0.1, -0.05) is 18.2 Å². The molecule has 0 unspecified atom stereocenters. The Balaban J connectivity index is 0.000000424. The van der Waals surface area contributed by atoms with Crippen molar-refractivity contribution < 1.29 is 4.84 Å². The number of nitrogens with zero attached hydrogens (tertiary/aromatic N) is 6. The molecule has 0 aliphatic rings. The predicted molar refractivity (Wildman–Crippen MR) is 46.3 cm³/mol. The number of rotatable bonds is 2. The molecule has 0 amide bonds. The highest BCUT2D eigenvalue weighted by Gasteiger charge is 1.84. The van der Waals surface area contributed by atoms with Gasteiger partial charge in [-0.15, -0.1) is 0 Å². The zero-order valence-corrected chi connectivity index (χ0v) is 6.48. The maximum atomic E-state index is 7.86. The molecule has 0 bridgehead atoms. The van der Waals surface area contributed by atoms with E-state index in [4.69, 9.17) is 16.6 Å². The van der Waals surface area contributed by atoms with Gasteiger partial charge in [0.15, 0.2) is 0 Å². The molecule has 0 spiro atoms. The second-order valence-electron chi connectivity index (χ2n) is 1.66. The molecule has 66 valence electrons. The molecule has 0 heterocycles. The fourth-order valence-electron chi connectivity index (χ4n) is 0.547. The van der Waals surface area contributed by atoms with Gasteiger partial charge in [-0.05, 0) is 17.7 Å². The molecule has 0 saturated carbocycles. The molecular formula is C6H5N6O-. The molecule has 0 fully saturated rings. The van der Waals surface area contributed by atoms with E-state index in [0.717, 1.165) is 0 Å². The minimum absolute atomic E-state index is 0.542. The molecule has 0 aliphatic heterocycles. The first kappa shape index (κ1) is 10.6. The lowest BCUT2D eigenvalue weighted by Gasteiger charge is -1.92. The van der Waals surface area contributed by atoms with E-state index in [1.807, 2.05) is 6.07 Å². The van der Waals surface area contributed by atoms with Gasteiger partial charge in [-0.3, -0.25) is 4.91 Å². The van der Waals surface area contributed by atoms with Crippen LogP contribution in [0.4, 0.5) is 0 Å². The van der Waals surface area contributed by atoms with Gasteiger partial charge in [0.1, 0.15) is 11.0 Å². The van der Waals surface area contributed by atoms with Crippen LogP contribution in [0.5, 0.6) is 5.75 Å². The lowest BCUT2D eigenvalue weighted by Crippen LogP contribution is -1.76. The van der Waals surface area contributed by atoms with Gasteiger partial charge in [0.05, 0.1) is 0 Å². The van der Waals surface area contributed by atoms with E-state index >= 15 is 0 Å². The maximum Gasteiger partial charge on any atom is 0.136 e. The van der Waals surface area contributed by atoms with Gasteiger partial charge in [-0.2, -0.15) is 0 Å². The van der Waals surface area contributed by atoms with Gasteiger partial charge in [0.25, 0.3) is 0 Å². The Bertz CT molecular complexity index is 311. The summed E-state index contributed by atoms with van der Waals surface area (Å²) >= 11 is 0. The number of hydrogen-bond acceptors (Lipinski definition) is 2. The van der Waals surface area contributed by atoms with Gasteiger partial charge in [0, 0.05) is 4.91 Å². The third-order valence-corrected chi connectivity index (χ3v) is 0.926. The molecule has 13 heavy (non-hydrogen) atoms. The van der Waals surface area contributed by atoms with Crippen LogP contribution in [0, 0.1) is 0 Å². The summed E-state index contributed by atoms with van der Waals surface area (Å²) < 4.78 is 0. The summed E-state index contributed by atoms with van der Waals surface area (Å²) in [6.07, 6.45) is 0. The minimum atomic E-state index is 0.542. The van der Waals surface area contributed by atoms with Crippen molar-refractivity contribution in [2.75, 3.05) is 0 Å². The lowest BCUT2D eigenvalue weighted by molar-refractivity contribution is 0.333. The predicted octanol–water partition coefficient (Wildman–Crippen LogP) is 3.16. The third-order valence-electron chi connectivity index (χ3n) is 0.926. The first-order valence-electron chi connectivity index (χ1n) is 3.10. The van der Waals surface area contributed by atoms with Crippen LogP contribution >= 0.6 is 0 Å². The molecule has 0 saturated heterocycles. The van der Waals surface area contributed by atoms with Gasteiger partial charge < -0.3 is 15.9 Å². The molecule has 1 aromatic rings. The Labute approximate surface area is 73.6 Å². The third kappa shape index (κ3) is 6.05. The van der Waals surface area contributed by atoms with Gasteiger partial charge >= 0.3 is 0 Å². The zero-order chi connectivity index (χ0) is 9.94. The Kier molecular flexibility index (Phi) is 6.34. The van der Waals surface area contributed by atoms with Crippen molar-refractivity contribution in [3.63, 3.8) is 0 Å². The summed E-state index contributed by atoms with van der Waals surface area (Å²) in [5.41, 5.74) is 21.4. The van der Waals surface area contributed by atoms with E-state index in [2.05, 4.69) is 15.0 Å². The first-order chi connectivity index (χ1) is 6.35. The fraction of sp³-hybridized carbons (Fsp3) is 0.